The Morgan fingerprint density at radius 1 is 1.30 bits per heavy atom. The summed E-state index contributed by atoms with van der Waals surface area (Å²) in [6.45, 7) is 3.19. The lowest BCUT2D eigenvalue weighted by Gasteiger charge is -2.22. The maximum absolute atomic E-state index is 13.0. The van der Waals surface area contributed by atoms with Crippen LogP contribution in [-0.4, -0.2) is 46.4 Å². The van der Waals surface area contributed by atoms with Crippen LogP contribution < -0.4 is 10.6 Å². The molecule has 144 valence electrons. The first-order valence-corrected chi connectivity index (χ1v) is 8.99. The van der Waals surface area contributed by atoms with Gasteiger partial charge in [-0.3, -0.25) is 14.5 Å². The minimum atomic E-state index is -1.14. The van der Waals surface area contributed by atoms with Gasteiger partial charge in [0.1, 0.15) is 18.1 Å². The molecule has 0 aromatic heterocycles. The van der Waals surface area contributed by atoms with E-state index in [-0.39, 0.29) is 12.3 Å². The minimum absolute atomic E-state index is 0.0707. The molecule has 1 heterocycles. The molecule has 1 spiro atoms. The molecule has 1 fully saturated rings. The van der Waals surface area contributed by atoms with Gasteiger partial charge in [-0.2, -0.15) is 0 Å². The molecular weight excluding hydrogens is 350 g/mol. The summed E-state index contributed by atoms with van der Waals surface area (Å²) in [6.07, 6.45) is 1.37. The minimum Gasteiger partial charge on any atom is -0.480 e. The second-order valence-corrected chi connectivity index (χ2v) is 7.47. The van der Waals surface area contributed by atoms with E-state index in [0.717, 1.165) is 16.0 Å². The molecule has 4 amide bonds. The first-order valence-electron chi connectivity index (χ1n) is 8.99. The molecule has 1 saturated heterocycles. The number of carbonyl (C=O) groups is 4. The van der Waals surface area contributed by atoms with Crippen LogP contribution in [0.15, 0.2) is 24.3 Å². The lowest BCUT2D eigenvalue weighted by atomic mass is 9.92. The number of amides is 4. The van der Waals surface area contributed by atoms with Gasteiger partial charge < -0.3 is 15.7 Å². The van der Waals surface area contributed by atoms with E-state index in [2.05, 4.69) is 10.6 Å². The molecule has 1 aliphatic carbocycles. The topological polar surface area (TPSA) is 116 Å². The number of carboxylic acid groups (broad SMARTS) is 1. The lowest BCUT2D eigenvalue weighted by molar-refractivity contribution is -0.142. The summed E-state index contributed by atoms with van der Waals surface area (Å²) in [4.78, 5) is 49.8. The van der Waals surface area contributed by atoms with Crippen LogP contribution >= 0.6 is 0 Å². The second-order valence-electron chi connectivity index (χ2n) is 7.47. The van der Waals surface area contributed by atoms with E-state index in [1.54, 1.807) is 0 Å². The number of hydrogen-bond acceptors (Lipinski definition) is 4. The number of nitrogens with zero attached hydrogens (tertiary/aromatic N) is 1. The molecule has 2 aliphatic rings. The first-order chi connectivity index (χ1) is 12.7. The van der Waals surface area contributed by atoms with Crippen LogP contribution in [0.1, 0.15) is 37.8 Å². The summed E-state index contributed by atoms with van der Waals surface area (Å²) in [5.74, 6) is -2.21. The fourth-order valence-corrected chi connectivity index (χ4v) is 3.81. The third-order valence-corrected chi connectivity index (χ3v) is 5.06. The van der Waals surface area contributed by atoms with Gasteiger partial charge >= 0.3 is 12.0 Å². The van der Waals surface area contributed by atoms with Crippen LogP contribution in [0.3, 0.4) is 0 Å². The summed E-state index contributed by atoms with van der Waals surface area (Å²) in [5, 5.41) is 14.4. The molecule has 2 atom stereocenters. The Hall–Kier alpha value is -2.90. The van der Waals surface area contributed by atoms with Gasteiger partial charge in [-0.05, 0) is 36.3 Å². The maximum Gasteiger partial charge on any atom is 0.326 e. The fraction of sp³-hybridized carbons (Fsp3) is 0.474. The number of aryl methyl sites for hydroxylation is 1. The zero-order valence-corrected chi connectivity index (χ0v) is 15.3. The normalized spacial score (nSPS) is 22.1. The highest BCUT2D eigenvalue weighted by Crippen LogP contribution is 2.41. The number of hydrogen-bond donors (Lipinski definition) is 3. The number of aliphatic carboxylic acids is 1. The monoisotopic (exact) mass is 373 g/mol. The van der Waals surface area contributed by atoms with E-state index in [1.807, 2.05) is 38.1 Å². The summed E-state index contributed by atoms with van der Waals surface area (Å²) < 4.78 is 0. The number of imide groups is 1. The number of urea groups is 1. The zero-order chi connectivity index (χ0) is 19.8. The van der Waals surface area contributed by atoms with Gasteiger partial charge in [0.2, 0.25) is 5.91 Å². The van der Waals surface area contributed by atoms with E-state index in [1.165, 1.54) is 0 Å². The van der Waals surface area contributed by atoms with E-state index >= 15 is 0 Å². The highest BCUT2D eigenvalue weighted by molar-refractivity contribution is 6.10. The predicted octanol–water partition coefficient (Wildman–Crippen LogP) is 0.995. The maximum atomic E-state index is 13.0. The SMILES string of the molecule is CC(C)C[C@H](NC(=O)CN1C(=O)NC2(CCc3ccccc32)C1=O)C(=O)O. The van der Waals surface area contributed by atoms with Gasteiger partial charge in [-0.1, -0.05) is 38.1 Å². The number of carboxylic acids is 1. The van der Waals surface area contributed by atoms with Gasteiger partial charge in [0, 0.05) is 0 Å². The van der Waals surface area contributed by atoms with Crippen LogP contribution in [0.2, 0.25) is 0 Å². The number of benzene rings is 1. The standard InChI is InChI=1S/C19H23N3O5/c1-11(2)9-14(16(24)25)20-15(23)10-22-17(26)19(21-18(22)27)8-7-12-5-3-4-6-13(12)19/h3-6,11,14H,7-10H2,1-2H3,(H,20,23)(H,21,27)(H,24,25)/t14-,19?/m0/s1. The van der Waals surface area contributed by atoms with E-state index in [0.29, 0.717) is 12.8 Å². The Bertz CT molecular complexity index is 806. The number of rotatable bonds is 6. The Kier molecular flexibility index (Phi) is 4.91. The Balaban J connectivity index is 1.73. The van der Waals surface area contributed by atoms with Crippen LogP contribution in [0, 0.1) is 5.92 Å². The summed E-state index contributed by atoms with van der Waals surface area (Å²) >= 11 is 0. The van der Waals surface area contributed by atoms with Crippen molar-refractivity contribution in [2.75, 3.05) is 6.54 Å². The lowest BCUT2D eigenvalue weighted by Crippen LogP contribution is -2.48. The Morgan fingerprint density at radius 2 is 2.00 bits per heavy atom. The van der Waals surface area contributed by atoms with E-state index < -0.39 is 41.9 Å². The molecule has 8 heteroatoms. The van der Waals surface area contributed by atoms with Crippen molar-refractivity contribution in [1.82, 2.24) is 15.5 Å². The quantitative estimate of drug-likeness (QED) is 0.643. The summed E-state index contributed by atoms with van der Waals surface area (Å²) in [6, 6.07) is 5.73. The molecule has 1 aliphatic heterocycles. The molecule has 8 nitrogen and oxygen atoms in total. The van der Waals surface area contributed by atoms with E-state index in [9.17, 15) is 24.3 Å². The van der Waals surface area contributed by atoms with E-state index in [4.69, 9.17) is 0 Å². The van der Waals surface area contributed by atoms with Crippen molar-refractivity contribution in [3.8, 4) is 0 Å². The van der Waals surface area contributed by atoms with Gasteiger partial charge in [0.05, 0.1) is 0 Å². The van der Waals surface area contributed by atoms with Gasteiger partial charge in [0.15, 0.2) is 0 Å². The molecular formula is C19H23N3O5. The number of fused-ring (bicyclic) bond motifs is 2. The molecule has 0 radical (unpaired) electrons. The van der Waals surface area contributed by atoms with Crippen molar-refractivity contribution >= 4 is 23.8 Å². The molecule has 1 aromatic rings. The van der Waals surface area contributed by atoms with Crippen molar-refractivity contribution < 1.29 is 24.3 Å². The van der Waals surface area contributed by atoms with Gasteiger partial charge in [0.25, 0.3) is 5.91 Å². The largest absolute Gasteiger partial charge is 0.480 e. The van der Waals surface area contributed by atoms with Crippen LogP contribution in [-0.2, 0) is 26.3 Å². The van der Waals surface area contributed by atoms with Gasteiger partial charge in [-0.15, -0.1) is 0 Å². The Morgan fingerprint density at radius 3 is 2.67 bits per heavy atom. The molecule has 3 rings (SSSR count). The average molecular weight is 373 g/mol. The van der Waals surface area contributed by atoms with Crippen molar-refractivity contribution in [2.24, 2.45) is 5.92 Å². The third-order valence-electron chi connectivity index (χ3n) is 5.06. The van der Waals surface area contributed by atoms with Crippen molar-refractivity contribution in [1.29, 1.82) is 0 Å². The molecule has 1 unspecified atom stereocenters. The predicted molar refractivity (Wildman–Crippen MR) is 95.7 cm³/mol. The molecule has 27 heavy (non-hydrogen) atoms. The smallest absolute Gasteiger partial charge is 0.326 e. The molecule has 0 bridgehead atoms. The second kappa shape index (κ2) is 7.02. The zero-order valence-electron chi connectivity index (χ0n) is 15.3. The Labute approximate surface area is 156 Å². The van der Waals surface area contributed by atoms with Crippen LogP contribution in [0.5, 0.6) is 0 Å². The number of carbonyl (C=O) groups excluding carboxylic acids is 3. The third kappa shape index (κ3) is 3.39. The number of nitrogens with one attached hydrogen (secondary N) is 2. The molecule has 3 N–H and O–H groups in total. The summed E-state index contributed by atoms with van der Waals surface area (Å²) in [5.41, 5.74) is 0.632. The van der Waals surface area contributed by atoms with Crippen LogP contribution in [0.4, 0.5) is 4.79 Å². The van der Waals surface area contributed by atoms with Gasteiger partial charge in [-0.25, -0.2) is 9.59 Å². The highest BCUT2D eigenvalue weighted by Gasteiger charge is 2.55. The first kappa shape index (κ1) is 18.9. The van der Waals surface area contributed by atoms with Crippen molar-refractivity contribution in [2.45, 2.75) is 44.7 Å². The highest BCUT2D eigenvalue weighted by atomic mass is 16.4. The fourth-order valence-electron chi connectivity index (χ4n) is 3.81. The summed E-state index contributed by atoms with van der Waals surface area (Å²) in [7, 11) is 0. The average Bonchev–Trinajstić information content (AvgIpc) is 3.08. The van der Waals surface area contributed by atoms with Crippen molar-refractivity contribution in [3.05, 3.63) is 35.4 Å². The van der Waals surface area contributed by atoms with Crippen LogP contribution in [0.25, 0.3) is 0 Å². The molecule has 0 saturated carbocycles. The van der Waals surface area contributed by atoms with Crippen molar-refractivity contribution in [3.63, 3.8) is 0 Å². The molecule has 1 aromatic carbocycles.